The topological polar surface area (TPSA) is 89.7 Å². The van der Waals surface area contributed by atoms with Crippen molar-refractivity contribution in [1.82, 2.24) is 0 Å². The van der Waals surface area contributed by atoms with Crippen LogP contribution in [0.4, 0.5) is 5.69 Å². The minimum atomic E-state index is -1.15. The Balaban J connectivity index is 2.53. The van der Waals surface area contributed by atoms with Gasteiger partial charge in [0, 0.05) is 6.07 Å². The highest BCUT2D eigenvalue weighted by Crippen LogP contribution is 2.35. The second kappa shape index (κ2) is 5.62. The molecule has 0 aliphatic rings. The van der Waals surface area contributed by atoms with Crippen molar-refractivity contribution in [2.45, 2.75) is 13.8 Å². The maximum absolute atomic E-state index is 11.2. The van der Waals surface area contributed by atoms with E-state index in [2.05, 4.69) is 0 Å². The highest BCUT2D eigenvalue weighted by atomic mass is 16.6. The molecule has 0 spiro atoms. The number of nitro groups is 1. The molecule has 0 saturated heterocycles. The lowest BCUT2D eigenvalue weighted by Crippen LogP contribution is -2.02. The minimum absolute atomic E-state index is 0.0161. The molecule has 0 unspecified atom stereocenters. The van der Waals surface area contributed by atoms with Gasteiger partial charge in [-0.15, -0.1) is 0 Å². The summed E-state index contributed by atoms with van der Waals surface area (Å²) in [5.74, 6) is -1.03. The lowest BCUT2D eigenvalue weighted by Gasteiger charge is -2.12. The van der Waals surface area contributed by atoms with Crippen LogP contribution >= 0.6 is 0 Å². The van der Waals surface area contributed by atoms with Gasteiger partial charge >= 0.3 is 11.7 Å². The van der Waals surface area contributed by atoms with Crippen LogP contribution in [0.3, 0.4) is 0 Å². The number of carboxylic acid groups (broad SMARTS) is 1. The fourth-order valence-electron chi connectivity index (χ4n) is 1.92. The molecule has 0 amide bonds. The van der Waals surface area contributed by atoms with E-state index in [1.165, 1.54) is 18.2 Å². The Morgan fingerprint density at radius 1 is 1.24 bits per heavy atom. The summed E-state index contributed by atoms with van der Waals surface area (Å²) in [5, 5.41) is 20.3. The van der Waals surface area contributed by atoms with Gasteiger partial charge < -0.3 is 9.84 Å². The minimum Gasteiger partial charge on any atom is -0.478 e. The molecule has 0 heterocycles. The van der Waals surface area contributed by atoms with E-state index in [0.29, 0.717) is 5.56 Å². The molecule has 0 aromatic heterocycles. The first kappa shape index (κ1) is 14.5. The number of benzene rings is 2. The van der Waals surface area contributed by atoms with Crippen molar-refractivity contribution >= 4 is 11.7 Å². The Labute approximate surface area is 120 Å². The van der Waals surface area contributed by atoms with Crippen LogP contribution in [0, 0.1) is 24.0 Å². The maximum Gasteiger partial charge on any atom is 0.339 e. The maximum atomic E-state index is 11.2. The Morgan fingerprint density at radius 2 is 1.95 bits per heavy atom. The van der Waals surface area contributed by atoms with Gasteiger partial charge in [-0.3, -0.25) is 10.1 Å². The predicted molar refractivity (Wildman–Crippen MR) is 76.0 cm³/mol. The van der Waals surface area contributed by atoms with Gasteiger partial charge in [0.1, 0.15) is 11.3 Å². The molecular weight excluding hydrogens is 274 g/mol. The van der Waals surface area contributed by atoms with Gasteiger partial charge in [0.15, 0.2) is 0 Å². The van der Waals surface area contributed by atoms with Gasteiger partial charge in [-0.2, -0.15) is 0 Å². The summed E-state index contributed by atoms with van der Waals surface area (Å²) < 4.78 is 5.53. The molecule has 108 valence electrons. The first-order valence-electron chi connectivity index (χ1n) is 6.16. The molecular formula is C15H13NO5. The zero-order valence-corrected chi connectivity index (χ0v) is 11.5. The molecule has 0 aliphatic carbocycles. The van der Waals surface area contributed by atoms with Crippen LogP contribution in [0.15, 0.2) is 36.4 Å². The number of nitro benzene ring substituents is 1. The van der Waals surface area contributed by atoms with Crippen molar-refractivity contribution in [2.75, 3.05) is 0 Å². The largest absolute Gasteiger partial charge is 0.478 e. The van der Waals surface area contributed by atoms with Crippen molar-refractivity contribution in [1.29, 1.82) is 0 Å². The molecule has 6 heteroatoms. The molecule has 0 bridgehead atoms. The SMILES string of the molecule is Cc1ccc(Oc2c(C)cccc2C(=O)O)c([N+](=O)[O-])c1. The van der Waals surface area contributed by atoms with E-state index in [1.807, 2.05) is 0 Å². The van der Waals surface area contributed by atoms with Crippen LogP contribution in [0.2, 0.25) is 0 Å². The van der Waals surface area contributed by atoms with Gasteiger partial charge in [0.2, 0.25) is 5.75 Å². The average Bonchev–Trinajstić information content (AvgIpc) is 2.42. The average molecular weight is 287 g/mol. The van der Waals surface area contributed by atoms with Crippen LogP contribution in [0.25, 0.3) is 0 Å². The van der Waals surface area contributed by atoms with Crippen molar-refractivity contribution in [3.63, 3.8) is 0 Å². The Bertz CT molecular complexity index is 724. The Hall–Kier alpha value is -2.89. The standard InChI is InChI=1S/C15H13NO5/c1-9-6-7-13(12(8-9)16(19)20)21-14-10(2)4-3-5-11(14)15(17)18/h3-8H,1-2H3,(H,17,18). The molecule has 0 radical (unpaired) electrons. The third-order valence-electron chi connectivity index (χ3n) is 2.97. The molecule has 2 rings (SSSR count). The molecule has 0 aliphatic heterocycles. The van der Waals surface area contributed by atoms with E-state index >= 15 is 0 Å². The summed E-state index contributed by atoms with van der Waals surface area (Å²) in [6, 6.07) is 9.18. The zero-order chi connectivity index (χ0) is 15.6. The predicted octanol–water partition coefficient (Wildman–Crippen LogP) is 3.70. The quantitative estimate of drug-likeness (QED) is 0.684. The van der Waals surface area contributed by atoms with Crippen LogP contribution < -0.4 is 4.74 Å². The van der Waals surface area contributed by atoms with Gasteiger partial charge in [-0.05, 0) is 37.1 Å². The number of rotatable bonds is 4. The van der Waals surface area contributed by atoms with Gasteiger partial charge in [0.25, 0.3) is 0 Å². The second-order valence-corrected chi connectivity index (χ2v) is 4.59. The van der Waals surface area contributed by atoms with Crippen molar-refractivity contribution < 1.29 is 19.6 Å². The monoisotopic (exact) mass is 287 g/mol. The Morgan fingerprint density at radius 3 is 2.57 bits per heavy atom. The van der Waals surface area contributed by atoms with Crippen LogP contribution in [-0.4, -0.2) is 16.0 Å². The number of para-hydroxylation sites is 1. The number of hydrogen-bond donors (Lipinski definition) is 1. The molecule has 0 saturated carbocycles. The van der Waals surface area contributed by atoms with E-state index < -0.39 is 10.9 Å². The van der Waals surface area contributed by atoms with Gasteiger partial charge in [-0.25, -0.2) is 4.79 Å². The summed E-state index contributed by atoms with van der Waals surface area (Å²) in [7, 11) is 0. The summed E-state index contributed by atoms with van der Waals surface area (Å²) in [6.45, 7) is 3.41. The number of hydrogen-bond acceptors (Lipinski definition) is 4. The number of aryl methyl sites for hydroxylation is 2. The van der Waals surface area contributed by atoms with Crippen molar-refractivity contribution in [3.05, 3.63) is 63.2 Å². The van der Waals surface area contributed by atoms with Crippen LogP contribution in [0.5, 0.6) is 11.5 Å². The lowest BCUT2D eigenvalue weighted by atomic mass is 10.1. The van der Waals surface area contributed by atoms with Crippen molar-refractivity contribution in [3.8, 4) is 11.5 Å². The normalized spacial score (nSPS) is 10.2. The molecule has 6 nitrogen and oxygen atoms in total. The number of aromatic carboxylic acids is 1. The smallest absolute Gasteiger partial charge is 0.339 e. The number of ether oxygens (including phenoxy) is 1. The van der Waals surface area contributed by atoms with Gasteiger partial charge in [0.05, 0.1) is 4.92 Å². The molecule has 2 aromatic rings. The summed E-state index contributed by atoms with van der Waals surface area (Å²) in [5.41, 5.74) is 1.07. The highest BCUT2D eigenvalue weighted by molar-refractivity contribution is 5.91. The second-order valence-electron chi connectivity index (χ2n) is 4.59. The van der Waals surface area contributed by atoms with E-state index in [0.717, 1.165) is 5.56 Å². The third-order valence-corrected chi connectivity index (χ3v) is 2.97. The fourth-order valence-corrected chi connectivity index (χ4v) is 1.92. The van der Waals surface area contributed by atoms with E-state index in [9.17, 15) is 20.0 Å². The first-order valence-corrected chi connectivity index (χ1v) is 6.16. The van der Waals surface area contributed by atoms with Crippen LogP contribution in [0.1, 0.15) is 21.5 Å². The molecule has 21 heavy (non-hydrogen) atoms. The fraction of sp³-hybridized carbons (Fsp3) is 0.133. The molecule has 0 fully saturated rings. The van der Waals surface area contributed by atoms with E-state index in [1.54, 1.807) is 32.0 Å². The molecule has 2 aromatic carbocycles. The number of carbonyl (C=O) groups is 1. The number of carboxylic acids is 1. The highest BCUT2D eigenvalue weighted by Gasteiger charge is 2.20. The molecule has 1 N–H and O–H groups in total. The van der Waals surface area contributed by atoms with Crippen molar-refractivity contribution in [2.24, 2.45) is 0 Å². The summed E-state index contributed by atoms with van der Waals surface area (Å²) in [6.07, 6.45) is 0. The Kier molecular flexibility index (Phi) is 3.89. The zero-order valence-electron chi connectivity index (χ0n) is 11.5. The van der Waals surface area contributed by atoms with E-state index in [-0.39, 0.29) is 22.7 Å². The van der Waals surface area contributed by atoms with E-state index in [4.69, 9.17) is 4.74 Å². The summed E-state index contributed by atoms with van der Waals surface area (Å²) >= 11 is 0. The van der Waals surface area contributed by atoms with Gasteiger partial charge in [-0.1, -0.05) is 18.2 Å². The third kappa shape index (κ3) is 3.00. The number of nitrogens with zero attached hydrogens (tertiary/aromatic N) is 1. The first-order chi connectivity index (χ1) is 9.90. The van der Waals surface area contributed by atoms with Crippen LogP contribution in [-0.2, 0) is 0 Å². The molecule has 0 atom stereocenters. The summed E-state index contributed by atoms with van der Waals surface area (Å²) in [4.78, 5) is 21.7. The lowest BCUT2D eigenvalue weighted by molar-refractivity contribution is -0.385.